The predicted molar refractivity (Wildman–Crippen MR) is 82.4 cm³/mol. The van der Waals surface area contributed by atoms with Crippen molar-refractivity contribution in [3.8, 4) is 0 Å². The lowest BCUT2D eigenvalue weighted by molar-refractivity contribution is 0.617. The van der Waals surface area contributed by atoms with Gasteiger partial charge in [0.25, 0.3) is 0 Å². The molecule has 0 heterocycles. The van der Waals surface area contributed by atoms with Crippen LogP contribution in [-0.2, 0) is 0 Å². The number of anilines is 1. The minimum absolute atomic E-state index is 0.0571. The molecule has 0 aromatic heterocycles. The molecule has 2 N–H and O–H groups in total. The first-order chi connectivity index (χ1) is 9.67. The Morgan fingerprint density at radius 1 is 1.10 bits per heavy atom. The molecule has 2 nitrogen and oxygen atoms in total. The summed E-state index contributed by atoms with van der Waals surface area (Å²) in [5.41, 5.74) is 9.41. The minimum atomic E-state index is -0.219. The maximum atomic E-state index is 13.1. The fraction of sp³-hybridized carbons (Fsp3) is 0.294. The van der Waals surface area contributed by atoms with Gasteiger partial charge in [0.1, 0.15) is 5.82 Å². The number of hydrogen-bond acceptors (Lipinski definition) is 2. The zero-order chi connectivity index (χ0) is 14.5. The van der Waals surface area contributed by atoms with Crippen molar-refractivity contribution in [2.24, 2.45) is 5.73 Å². The molecule has 0 aliphatic carbocycles. The van der Waals surface area contributed by atoms with Gasteiger partial charge in [-0.15, -0.1) is 0 Å². The number of likely N-dealkylation sites (N-methyl/N-ethyl adjacent to an activating group) is 1. The van der Waals surface area contributed by atoms with Gasteiger partial charge >= 0.3 is 0 Å². The Hall–Kier alpha value is -1.87. The smallest absolute Gasteiger partial charge is 0.123 e. The van der Waals surface area contributed by atoms with E-state index in [9.17, 15) is 4.39 Å². The molecule has 0 fully saturated rings. The number of benzene rings is 2. The molecule has 2 rings (SSSR count). The fourth-order valence-corrected chi connectivity index (χ4v) is 2.57. The van der Waals surface area contributed by atoms with Gasteiger partial charge in [-0.25, -0.2) is 4.39 Å². The van der Waals surface area contributed by atoms with Crippen molar-refractivity contribution in [3.05, 3.63) is 65.5 Å². The lowest BCUT2D eigenvalue weighted by atomic mass is 10.0. The third kappa shape index (κ3) is 2.99. The summed E-state index contributed by atoms with van der Waals surface area (Å²) in [5, 5.41) is 0. The third-order valence-electron chi connectivity index (χ3n) is 3.62. The molecule has 1 atom stereocenters. The molecule has 20 heavy (non-hydrogen) atoms. The number of nitrogens with zero attached hydrogens (tertiary/aromatic N) is 1. The Labute approximate surface area is 120 Å². The van der Waals surface area contributed by atoms with Gasteiger partial charge in [0, 0.05) is 18.8 Å². The van der Waals surface area contributed by atoms with Crippen LogP contribution in [0, 0.1) is 12.7 Å². The van der Waals surface area contributed by atoms with E-state index in [2.05, 4.69) is 30.9 Å². The van der Waals surface area contributed by atoms with Crippen molar-refractivity contribution < 1.29 is 4.39 Å². The molecule has 0 spiro atoms. The fourth-order valence-electron chi connectivity index (χ4n) is 2.57. The van der Waals surface area contributed by atoms with E-state index in [1.165, 1.54) is 23.4 Å². The van der Waals surface area contributed by atoms with Crippen molar-refractivity contribution in [1.82, 2.24) is 0 Å². The van der Waals surface area contributed by atoms with E-state index >= 15 is 0 Å². The van der Waals surface area contributed by atoms with Gasteiger partial charge in [0.05, 0.1) is 6.04 Å². The van der Waals surface area contributed by atoms with Crippen molar-refractivity contribution in [1.29, 1.82) is 0 Å². The van der Waals surface area contributed by atoms with Crippen LogP contribution in [0.15, 0.2) is 48.5 Å². The van der Waals surface area contributed by atoms with Gasteiger partial charge in [-0.05, 0) is 43.2 Å². The van der Waals surface area contributed by atoms with E-state index in [1.54, 1.807) is 0 Å². The highest BCUT2D eigenvalue weighted by molar-refractivity contribution is 5.54. The van der Waals surface area contributed by atoms with Crippen LogP contribution in [0.4, 0.5) is 10.1 Å². The first-order valence-electron chi connectivity index (χ1n) is 6.95. The predicted octanol–water partition coefficient (Wildman–Crippen LogP) is 3.66. The first-order valence-corrected chi connectivity index (χ1v) is 6.95. The number of aryl methyl sites for hydroxylation is 1. The first kappa shape index (κ1) is 14.5. The highest BCUT2D eigenvalue weighted by atomic mass is 19.1. The Bertz CT molecular complexity index is 551. The Morgan fingerprint density at radius 3 is 2.30 bits per heavy atom. The summed E-state index contributed by atoms with van der Waals surface area (Å²) in [6.07, 6.45) is 0. The van der Waals surface area contributed by atoms with Gasteiger partial charge in [-0.2, -0.15) is 0 Å². The van der Waals surface area contributed by atoms with E-state index in [0.717, 1.165) is 12.1 Å². The molecule has 0 saturated heterocycles. The van der Waals surface area contributed by atoms with E-state index in [0.29, 0.717) is 6.54 Å². The molecule has 3 heteroatoms. The number of rotatable bonds is 5. The second kappa shape index (κ2) is 6.53. The van der Waals surface area contributed by atoms with Crippen LogP contribution in [0.1, 0.15) is 24.1 Å². The van der Waals surface area contributed by atoms with Gasteiger partial charge in [0.2, 0.25) is 0 Å². The highest BCUT2D eigenvalue weighted by Gasteiger charge is 2.19. The highest BCUT2D eigenvalue weighted by Crippen LogP contribution is 2.28. The summed E-state index contributed by atoms with van der Waals surface area (Å²) in [6, 6.07) is 14.9. The SMILES string of the molecule is CCN(c1ccccc1C)C(CN)c1ccc(F)cc1. The van der Waals surface area contributed by atoms with Crippen LogP contribution >= 0.6 is 0 Å². The van der Waals surface area contributed by atoms with Crippen LogP contribution in [0.25, 0.3) is 0 Å². The third-order valence-corrected chi connectivity index (χ3v) is 3.62. The standard InChI is InChI=1S/C17H21FN2/c1-3-20(16-7-5-4-6-13(16)2)17(12-19)14-8-10-15(18)11-9-14/h4-11,17H,3,12,19H2,1-2H3. The molecule has 0 bridgehead atoms. The lowest BCUT2D eigenvalue weighted by Crippen LogP contribution is -2.34. The van der Waals surface area contributed by atoms with Gasteiger partial charge in [-0.3, -0.25) is 0 Å². The van der Waals surface area contributed by atoms with Crippen LogP contribution in [0.2, 0.25) is 0 Å². The van der Waals surface area contributed by atoms with Crippen molar-refractivity contribution in [3.63, 3.8) is 0 Å². The average molecular weight is 272 g/mol. The zero-order valence-electron chi connectivity index (χ0n) is 12.0. The quantitative estimate of drug-likeness (QED) is 0.900. The molecule has 106 valence electrons. The molecule has 0 saturated carbocycles. The van der Waals surface area contributed by atoms with Gasteiger partial charge in [-0.1, -0.05) is 30.3 Å². The van der Waals surface area contributed by atoms with Gasteiger partial charge in [0.15, 0.2) is 0 Å². The number of halogens is 1. The van der Waals surface area contributed by atoms with Crippen LogP contribution in [-0.4, -0.2) is 13.1 Å². The van der Waals surface area contributed by atoms with E-state index in [4.69, 9.17) is 5.73 Å². The Morgan fingerprint density at radius 2 is 1.75 bits per heavy atom. The number of nitrogens with two attached hydrogens (primary N) is 1. The van der Waals surface area contributed by atoms with Crippen molar-refractivity contribution in [2.75, 3.05) is 18.0 Å². The Kier molecular flexibility index (Phi) is 4.74. The van der Waals surface area contributed by atoms with Crippen LogP contribution in [0.5, 0.6) is 0 Å². The largest absolute Gasteiger partial charge is 0.363 e. The van der Waals surface area contributed by atoms with Crippen molar-refractivity contribution in [2.45, 2.75) is 19.9 Å². The van der Waals surface area contributed by atoms with E-state index in [-0.39, 0.29) is 11.9 Å². The summed E-state index contributed by atoms with van der Waals surface area (Å²) in [7, 11) is 0. The Balaban J connectivity index is 2.38. The number of para-hydroxylation sites is 1. The monoisotopic (exact) mass is 272 g/mol. The molecule has 0 aliphatic heterocycles. The molecular formula is C17H21FN2. The minimum Gasteiger partial charge on any atom is -0.363 e. The van der Waals surface area contributed by atoms with E-state index in [1.807, 2.05) is 24.3 Å². The molecule has 1 unspecified atom stereocenters. The molecule has 2 aromatic carbocycles. The van der Waals surface area contributed by atoms with Crippen LogP contribution < -0.4 is 10.6 Å². The zero-order valence-corrected chi connectivity index (χ0v) is 12.0. The summed E-state index contributed by atoms with van der Waals surface area (Å²) < 4.78 is 13.1. The molecule has 0 aliphatic rings. The second-order valence-corrected chi connectivity index (χ2v) is 4.88. The average Bonchev–Trinajstić information content (AvgIpc) is 2.47. The van der Waals surface area contributed by atoms with Crippen LogP contribution in [0.3, 0.4) is 0 Å². The maximum Gasteiger partial charge on any atom is 0.123 e. The summed E-state index contributed by atoms with van der Waals surface area (Å²) >= 11 is 0. The molecule has 0 radical (unpaired) electrons. The normalized spacial score (nSPS) is 12.2. The lowest BCUT2D eigenvalue weighted by Gasteiger charge is -2.33. The number of hydrogen-bond donors (Lipinski definition) is 1. The maximum absolute atomic E-state index is 13.1. The van der Waals surface area contributed by atoms with Crippen molar-refractivity contribution >= 4 is 5.69 Å². The summed E-state index contributed by atoms with van der Waals surface area (Å²) in [6.45, 7) is 5.55. The second-order valence-electron chi connectivity index (χ2n) is 4.88. The summed E-state index contributed by atoms with van der Waals surface area (Å²) in [5.74, 6) is -0.219. The molecule has 0 amide bonds. The molecule has 2 aromatic rings. The van der Waals surface area contributed by atoms with Gasteiger partial charge < -0.3 is 10.6 Å². The topological polar surface area (TPSA) is 29.3 Å². The summed E-state index contributed by atoms with van der Waals surface area (Å²) in [4.78, 5) is 2.27. The molecular weight excluding hydrogens is 251 g/mol. The van der Waals surface area contributed by atoms with E-state index < -0.39 is 0 Å².